The Morgan fingerprint density at radius 1 is 1.44 bits per heavy atom. The standard InChI is InChI=1S/C12H19N3O/c1-9(5-6-16)7-13-12-10-3-2-4-11(10)14-8-15-12/h8-9,16H,2-7H2,1H3,(H,13,14,15). The number of fused-ring (bicyclic) bond motifs is 1. The van der Waals surface area contributed by atoms with Gasteiger partial charge in [0.05, 0.1) is 0 Å². The Kier molecular flexibility index (Phi) is 3.72. The molecule has 1 aliphatic carbocycles. The molecule has 0 radical (unpaired) electrons. The minimum atomic E-state index is 0.255. The van der Waals surface area contributed by atoms with Crippen LogP contribution in [0.4, 0.5) is 5.82 Å². The summed E-state index contributed by atoms with van der Waals surface area (Å²) in [6, 6.07) is 0. The number of aliphatic hydroxyl groups excluding tert-OH is 1. The highest BCUT2D eigenvalue weighted by molar-refractivity contribution is 5.47. The number of aromatic nitrogens is 2. The van der Waals surface area contributed by atoms with Crippen molar-refractivity contribution in [1.82, 2.24) is 9.97 Å². The highest BCUT2D eigenvalue weighted by atomic mass is 16.3. The average Bonchev–Trinajstić information content (AvgIpc) is 2.75. The summed E-state index contributed by atoms with van der Waals surface area (Å²) in [7, 11) is 0. The maximum absolute atomic E-state index is 8.84. The SMILES string of the molecule is CC(CCO)CNc1ncnc2c1CCC2. The largest absolute Gasteiger partial charge is 0.396 e. The molecule has 16 heavy (non-hydrogen) atoms. The summed E-state index contributed by atoms with van der Waals surface area (Å²) in [4.78, 5) is 8.59. The summed E-state index contributed by atoms with van der Waals surface area (Å²) in [6.45, 7) is 3.25. The van der Waals surface area contributed by atoms with Crippen molar-refractivity contribution in [1.29, 1.82) is 0 Å². The zero-order valence-electron chi connectivity index (χ0n) is 9.74. The third kappa shape index (κ3) is 2.50. The van der Waals surface area contributed by atoms with Crippen molar-refractivity contribution in [2.45, 2.75) is 32.6 Å². The van der Waals surface area contributed by atoms with Crippen molar-refractivity contribution in [2.24, 2.45) is 5.92 Å². The van der Waals surface area contributed by atoms with Gasteiger partial charge in [0, 0.05) is 24.4 Å². The molecule has 0 bridgehead atoms. The first-order chi connectivity index (χ1) is 7.81. The highest BCUT2D eigenvalue weighted by Gasteiger charge is 2.16. The normalized spacial score (nSPS) is 15.9. The Balaban J connectivity index is 1.97. The number of nitrogens with zero attached hydrogens (tertiary/aromatic N) is 2. The van der Waals surface area contributed by atoms with E-state index < -0.39 is 0 Å². The number of anilines is 1. The van der Waals surface area contributed by atoms with Crippen LogP contribution in [0.3, 0.4) is 0 Å². The Hall–Kier alpha value is -1.16. The van der Waals surface area contributed by atoms with Gasteiger partial charge in [-0.25, -0.2) is 9.97 Å². The van der Waals surface area contributed by atoms with Crippen LogP contribution in [-0.4, -0.2) is 28.2 Å². The van der Waals surface area contributed by atoms with E-state index >= 15 is 0 Å². The molecular formula is C12H19N3O. The lowest BCUT2D eigenvalue weighted by atomic mass is 10.1. The first kappa shape index (κ1) is 11.3. The topological polar surface area (TPSA) is 58.0 Å². The molecule has 1 unspecified atom stereocenters. The molecule has 0 saturated carbocycles. The van der Waals surface area contributed by atoms with Gasteiger partial charge in [0.15, 0.2) is 0 Å². The fraction of sp³-hybridized carbons (Fsp3) is 0.667. The second kappa shape index (κ2) is 5.25. The van der Waals surface area contributed by atoms with Crippen LogP contribution in [0, 0.1) is 5.92 Å². The summed E-state index contributed by atoms with van der Waals surface area (Å²) in [5, 5.41) is 12.2. The number of hydrogen-bond donors (Lipinski definition) is 2. The molecule has 0 spiro atoms. The molecule has 4 heteroatoms. The van der Waals surface area contributed by atoms with Crippen LogP contribution in [-0.2, 0) is 12.8 Å². The summed E-state index contributed by atoms with van der Waals surface area (Å²) < 4.78 is 0. The second-order valence-corrected chi connectivity index (χ2v) is 4.50. The van der Waals surface area contributed by atoms with Gasteiger partial charge in [0.1, 0.15) is 12.1 Å². The molecular weight excluding hydrogens is 202 g/mol. The van der Waals surface area contributed by atoms with Crippen LogP contribution in [0.5, 0.6) is 0 Å². The van der Waals surface area contributed by atoms with Crippen LogP contribution in [0.15, 0.2) is 6.33 Å². The van der Waals surface area contributed by atoms with Crippen molar-refractivity contribution >= 4 is 5.82 Å². The lowest BCUT2D eigenvalue weighted by Crippen LogP contribution is -2.14. The Labute approximate surface area is 96.1 Å². The molecule has 0 saturated heterocycles. The quantitative estimate of drug-likeness (QED) is 0.789. The molecule has 1 aliphatic rings. The first-order valence-electron chi connectivity index (χ1n) is 5.98. The maximum atomic E-state index is 8.84. The smallest absolute Gasteiger partial charge is 0.132 e. The molecule has 0 aliphatic heterocycles. The van der Waals surface area contributed by atoms with E-state index in [9.17, 15) is 0 Å². The van der Waals surface area contributed by atoms with Gasteiger partial charge in [-0.05, 0) is 31.6 Å². The number of aliphatic hydroxyl groups is 1. The molecule has 0 fully saturated rings. The fourth-order valence-corrected chi connectivity index (χ4v) is 2.11. The second-order valence-electron chi connectivity index (χ2n) is 4.50. The van der Waals surface area contributed by atoms with Crippen molar-refractivity contribution in [3.63, 3.8) is 0 Å². The highest BCUT2D eigenvalue weighted by Crippen LogP contribution is 2.25. The number of aryl methyl sites for hydroxylation is 1. The van der Waals surface area contributed by atoms with Gasteiger partial charge < -0.3 is 10.4 Å². The van der Waals surface area contributed by atoms with E-state index in [0.29, 0.717) is 5.92 Å². The van der Waals surface area contributed by atoms with E-state index in [-0.39, 0.29) is 6.61 Å². The van der Waals surface area contributed by atoms with Crippen LogP contribution in [0.1, 0.15) is 31.0 Å². The van der Waals surface area contributed by atoms with Crippen molar-refractivity contribution in [2.75, 3.05) is 18.5 Å². The van der Waals surface area contributed by atoms with E-state index in [2.05, 4.69) is 22.2 Å². The number of rotatable bonds is 5. The number of hydrogen-bond acceptors (Lipinski definition) is 4. The van der Waals surface area contributed by atoms with E-state index in [1.807, 2.05) is 0 Å². The Morgan fingerprint density at radius 2 is 2.31 bits per heavy atom. The zero-order valence-corrected chi connectivity index (χ0v) is 9.74. The molecule has 1 aromatic heterocycles. The van der Waals surface area contributed by atoms with Crippen molar-refractivity contribution in [3.8, 4) is 0 Å². The van der Waals surface area contributed by atoms with Gasteiger partial charge >= 0.3 is 0 Å². The van der Waals surface area contributed by atoms with E-state index in [0.717, 1.165) is 31.6 Å². The molecule has 0 aromatic carbocycles. The third-order valence-corrected chi connectivity index (χ3v) is 3.11. The molecule has 88 valence electrons. The van der Waals surface area contributed by atoms with E-state index in [1.54, 1.807) is 6.33 Å². The maximum Gasteiger partial charge on any atom is 0.132 e. The molecule has 1 atom stereocenters. The minimum Gasteiger partial charge on any atom is -0.396 e. The van der Waals surface area contributed by atoms with Crippen molar-refractivity contribution in [3.05, 3.63) is 17.6 Å². The van der Waals surface area contributed by atoms with E-state index in [1.165, 1.54) is 17.7 Å². The Morgan fingerprint density at radius 3 is 3.12 bits per heavy atom. The fourth-order valence-electron chi connectivity index (χ4n) is 2.11. The monoisotopic (exact) mass is 221 g/mol. The van der Waals surface area contributed by atoms with Gasteiger partial charge in [-0.2, -0.15) is 0 Å². The van der Waals surface area contributed by atoms with Gasteiger partial charge in [-0.15, -0.1) is 0 Å². The average molecular weight is 221 g/mol. The van der Waals surface area contributed by atoms with Gasteiger partial charge in [-0.1, -0.05) is 6.92 Å². The van der Waals surface area contributed by atoms with Crippen LogP contribution in [0.2, 0.25) is 0 Å². The molecule has 2 N–H and O–H groups in total. The zero-order chi connectivity index (χ0) is 11.4. The summed E-state index contributed by atoms with van der Waals surface area (Å²) in [6.07, 6.45) is 5.84. The van der Waals surface area contributed by atoms with Crippen LogP contribution >= 0.6 is 0 Å². The summed E-state index contributed by atoms with van der Waals surface area (Å²) in [5.74, 6) is 1.46. The molecule has 2 rings (SSSR count). The molecule has 1 heterocycles. The van der Waals surface area contributed by atoms with Gasteiger partial charge in [0.2, 0.25) is 0 Å². The van der Waals surface area contributed by atoms with E-state index in [4.69, 9.17) is 5.11 Å². The lowest BCUT2D eigenvalue weighted by molar-refractivity contribution is 0.266. The van der Waals surface area contributed by atoms with Crippen LogP contribution in [0.25, 0.3) is 0 Å². The Bertz CT molecular complexity index is 354. The van der Waals surface area contributed by atoms with Gasteiger partial charge in [0.25, 0.3) is 0 Å². The first-order valence-corrected chi connectivity index (χ1v) is 5.98. The predicted molar refractivity (Wildman–Crippen MR) is 63.4 cm³/mol. The van der Waals surface area contributed by atoms with Crippen LogP contribution < -0.4 is 5.32 Å². The predicted octanol–water partition coefficient (Wildman–Crippen LogP) is 1.40. The van der Waals surface area contributed by atoms with Gasteiger partial charge in [-0.3, -0.25) is 0 Å². The van der Waals surface area contributed by atoms with Crippen molar-refractivity contribution < 1.29 is 5.11 Å². The third-order valence-electron chi connectivity index (χ3n) is 3.11. The summed E-state index contributed by atoms with van der Waals surface area (Å²) in [5.41, 5.74) is 2.49. The minimum absolute atomic E-state index is 0.255. The molecule has 1 aromatic rings. The molecule has 4 nitrogen and oxygen atoms in total. The molecule has 0 amide bonds. The summed E-state index contributed by atoms with van der Waals surface area (Å²) >= 11 is 0. The lowest BCUT2D eigenvalue weighted by Gasteiger charge is -2.13. The number of nitrogens with one attached hydrogen (secondary N) is 1.